The lowest BCUT2D eigenvalue weighted by atomic mass is 10.1. The van der Waals surface area contributed by atoms with Crippen molar-refractivity contribution in [2.75, 3.05) is 16.0 Å². The van der Waals surface area contributed by atoms with Gasteiger partial charge in [-0.25, -0.2) is 10.00 Å². The maximum absolute atomic E-state index is 13.0. The number of hydrogen-bond donors (Lipinski definition) is 2. The molecule has 9 heteroatoms. The molecule has 0 spiro atoms. The van der Waals surface area contributed by atoms with Crippen LogP contribution in [0.4, 0.5) is 11.6 Å². The topological polar surface area (TPSA) is 108 Å². The van der Waals surface area contributed by atoms with E-state index >= 15 is 0 Å². The molecule has 8 nitrogen and oxygen atoms in total. The molecule has 0 aliphatic carbocycles. The van der Waals surface area contributed by atoms with Gasteiger partial charge in [-0.2, -0.15) is 4.98 Å². The Hall–Kier alpha value is -3.46. The van der Waals surface area contributed by atoms with Gasteiger partial charge in [0.1, 0.15) is 0 Å². The van der Waals surface area contributed by atoms with Crippen LogP contribution in [0.1, 0.15) is 49.1 Å². The molecule has 2 N–H and O–H groups in total. The van der Waals surface area contributed by atoms with E-state index in [1.165, 1.54) is 30.0 Å². The van der Waals surface area contributed by atoms with Gasteiger partial charge in [-0.1, -0.05) is 36.4 Å². The summed E-state index contributed by atoms with van der Waals surface area (Å²) >= 11 is 1.44. The highest BCUT2D eigenvalue weighted by atomic mass is 32.2. The number of aromatic nitrogens is 3. The Morgan fingerprint density at radius 1 is 1.10 bits per heavy atom. The Balaban J connectivity index is 1.60. The number of rotatable bonds is 5. The molecule has 2 aromatic carbocycles. The van der Waals surface area contributed by atoms with Crippen molar-refractivity contribution >= 4 is 41.1 Å². The highest BCUT2D eigenvalue weighted by molar-refractivity contribution is 7.99. The third kappa shape index (κ3) is 3.48. The first-order chi connectivity index (χ1) is 14.4. The fraction of sp³-hybridized carbons (Fsp3) is 0.190. The van der Waals surface area contributed by atoms with Crippen molar-refractivity contribution in [3.8, 4) is 0 Å². The van der Waals surface area contributed by atoms with Crippen LogP contribution in [0.15, 0.2) is 41.6 Å². The summed E-state index contributed by atoms with van der Waals surface area (Å²) in [7, 11) is 0. The number of nitrogens with one attached hydrogen (secondary N) is 2. The lowest BCUT2D eigenvalue weighted by molar-refractivity contribution is 0.0925. The summed E-state index contributed by atoms with van der Waals surface area (Å²) in [6.45, 7) is 5.78. The molecule has 0 saturated carbocycles. The van der Waals surface area contributed by atoms with Gasteiger partial charge < -0.3 is 0 Å². The lowest BCUT2D eigenvalue weighted by Crippen LogP contribution is -2.30. The molecule has 0 radical (unpaired) electrons. The molecule has 1 aliphatic rings. The molecule has 0 fully saturated rings. The number of fused-ring (bicyclic) bond motifs is 1. The summed E-state index contributed by atoms with van der Waals surface area (Å²) < 4.78 is 0. The van der Waals surface area contributed by atoms with E-state index in [4.69, 9.17) is 0 Å². The maximum Gasteiger partial charge on any atom is 0.266 e. The van der Waals surface area contributed by atoms with Gasteiger partial charge in [0.15, 0.2) is 0 Å². The molecule has 152 valence electrons. The first-order valence-electron chi connectivity index (χ1n) is 9.35. The van der Waals surface area contributed by atoms with Crippen LogP contribution in [0.2, 0.25) is 0 Å². The number of aryl methyl sites for hydroxylation is 2. The SMILES string of the molecule is CCSc1n[nH]c(NC(=O)c2ccc3c(c2)C(=O)N(c2ccc(C)cc2C)C3=O)n1. The van der Waals surface area contributed by atoms with Crippen LogP contribution in [-0.4, -0.2) is 38.7 Å². The number of benzene rings is 2. The van der Waals surface area contributed by atoms with Crippen LogP contribution >= 0.6 is 11.8 Å². The van der Waals surface area contributed by atoms with Crippen LogP contribution < -0.4 is 10.2 Å². The second kappa shape index (κ2) is 7.75. The molecule has 2 heterocycles. The molecule has 0 atom stereocenters. The molecule has 3 amide bonds. The Morgan fingerprint density at radius 3 is 2.60 bits per heavy atom. The highest BCUT2D eigenvalue weighted by Gasteiger charge is 2.37. The van der Waals surface area contributed by atoms with Crippen molar-refractivity contribution in [1.29, 1.82) is 0 Å². The minimum atomic E-state index is -0.452. The fourth-order valence-electron chi connectivity index (χ4n) is 3.33. The molecular formula is C21H19N5O3S. The van der Waals surface area contributed by atoms with Gasteiger partial charge in [-0.15, -0.1) is 5.10 Å². The zero-order valence-corrected chi connectivity index (χ0v) is 17.5. The van der Waals surface area contributed by atoms with Crippen LogP contribution in [0.25, 0.3) is 0 Å². The highest BCUT2D eigenvalue weighted by Crippen LogP contribution is 2.31. The molecule has 0 saturated heterocycles. The van der Waals surface area contributed by atoms with Crippen LogP contribution in [0.5, 0.6) is 0 Å². The van der Waals surface area contributed by atoms with Crippen LogP contribution in [0, 0.1) is 13.8 Å². The summed E-state index contributed by atoms with van der Waals surface area (Å²) in [5.41, 5.74) is 3.14. The number of nitrogens with zero attached hydrogens (tertiary/aromatic N) is 3. The van der Waals surface area contributed by atoms with Gasteiger partial charge >= 0.3 is 0 Å². The first kappa shape index (κ1) is 19.8. The molecule has 0 unspecified atom stereocenters. The fourth-order valence-corrected chi connectivity index (χ4v) is 3.86. The molecule has 3 aromatic rings. The summed E-state index contributed by atoms with van der Waals surface area (Å²) in [5, 5.41) is 9.81. The second-order valence-corrected chi connectivity index (χ2v) is 8.08. The normalized spacial score (nSPS) is 13.0. The molecular weight excluding hydrogens is 402 g/mol. The zero-order valence-electron chi connectivity index (χ0n) is 16.6. The van der Waals surface area contributed by atoms with Crippen LogP contribution in [-0.2, 0) is 0 Å². The largest absolute Gasteiger partial charge is 0.291 e. The monoisotopic (exact) mass is 421 g/mol. The van der Waals surface area contributed by atoms with Gasteiger partial charge in [0.25, 0.3) is 17.7 Å². The summed E-state index contributed by atoms with van der Waals surface area (Å²) in [5.74, 6) is -0.269. The van der Waals surface area contributed by atoms with E-state index in [-0.39, 0.29) is 22.6 Å². The average Bonchev–Trinajstić information content (AvgIpc) is 3.25. The molecule has 4 rings (SSSR count). The number of anilines is 2. The van der Waals surface area contributed by atoms with Gasteiger partial charge in [0.2, 0.25) is 11.1 Å². The minimum Gasteiger partial charge on any atom is -0.291 e. The van der Waals surface area contributed by atoms with E-state index in [1.807, 2.05) is 32.9 Å². The maximum atomic E-state index is 13.0. The molecule has 30 heavy (non-hydrogen) atoms. The summed E-state index contributed by atoms with van der Waals surface area (Å²) in [6.07, 6.45) is 0. The summed E-state index contributed by atoms with van der Waals surface area (Å²) in [4.78, 5) is 43.8. The van der Waals surface area contributed by atoms with Gasteiger partial charge in [-0.3, -0.25) is 19.7 Å². The predicted octanol–water partition coefficient (Wildman–Crippen LogP) is 3.59. The third-order valence-electron chi connectivity index (χ3n) is 4.71. The molecule has 1 aliphatic heterocycles. The number of thioether (sulfide) groups is 1. The third-order valence-corrected chi connectivity index (χ3v) is 5.44. The van der Waals surface area contributed by atoms with Gasteiger partial charge in [0, 0.05) is 5.56 Å². The Bertz CT molecular complexity index is 1190. The van der Waals surface area contributed by atoms with Gasteiger partial charge in [0.05, 0.1) is 16.8 Å². The zero-order chi connectivity index (χ0) is 21.4. The lowest BCUT2D eigenvalue weighted by Gasteiger charge is -2.16. The number of amides is 3. The standard InChI is InChI=1S/C21H19N5O3S/c1-4-30-21-23-20(24-25-21)22-17(27)13-6-7-14-15(10-13)19(29)26(18(14)28)16-8-5-11(2)9-12(16)3/h5-10H,4H2,1-3H3,(H2,22,23,24,25,27). The summed E-state index contributed by atoms with van der Waals surface area (Å²) in [6, 6.07) is 9.99. The van der Waals surface area contributed by atoms with E-state index in [0.29, 0.717) is 10.8 Å². The number of hydrogen-bond acceptors (Lipinski definition) is 6. The van der Waals surface area contributed by atoms with Crippen molar-refractivity contribution in [1.82, 2.24) is 15.2 Å². The first-order valence-corrected chi connectivity index (χ1v) is 10.3. The molecule has 0 bridgehead atoms. The van der Waals surface area contributed by atoms with Crippen molar-refractivity contribution in [2.45, 2.75) is 25.9 Å². The van der Waals surface area contributed by atoms with E-state index in [0.717, 1.165) is 21.8 Å². The number of H-pyrrole nitrogens is 1. The quantitative estimate of drug-likeness (QED) is 0.481. The Labute approximate surface area is 177 Å². The smallest absolute Gasteiger partial charge is 0.266 e. The molecule has 1 aromatic heterocycles. The minimum absolute atomic E-state index is 0.201. The van der Waals surface area contributed by atoms with Crippen molar-refractivity contribution < 1.29 is 14.4 Å². The number of aromatic amines is 1. The van der Waals surface area contributed by atoms with Crippen molar-refractivity contribution in [3.05, 3.63) is 64.2 Å². The van der Waals surface area contributed by atoms with E-state index in [2.05, 4.69) is 20.5 Å². The predicted molar refractivity (Wildman–Crippen MR) is 114 cm³/mol. The Morgan fingerprint density at radius 2 is 1.87 bits per heavy atom. The average molecular weight is 421 g/mol. The Kier molecular flexibility index (Phi) is 5.13. The van der Waals surface area contributed by atoms with Crippen molar-refractivity contribution in [3.63, 3.8) is 0 Å². The number of carbonyl (C=O) groups is 3. The second-order valence-electron chi connectivity index (χ2n) is 6.85. The van der Waals surface area contributed by atoms with E-state index < -0.39 is 17.7 Å². The van der Waals surface area contributed by atoms with E-state index in [9.17, 15) is 14.4 Å². The van der Waals surface area contributed by atoms with Crippen molar-refractivity contribution in [2.24, 2.45) is 0 Å². The van der Waals surface area contributed by atoms with Crippen LogP contribution in [0.3, 0.4) is 0 Å². The van der Waals surface area contributed by atoms with E-state index in [1.54, 1.807) is 6.07 Å². The number of imide groups is 1. The van der Waals surface area contributed by atoms with Gasteiger partial charge in [-0.05, 0) is 49.4 Å². The number of carbonyl (C=O) groups excluding carboxylic acids is 3.